The summed E-state index contributed by atoms with van der Waals surface area (Å²) in [6, 6.07) is 4.86. The van der Waals surface area contributed by atoms with Crippen LogP contribution < -0.4 is 0 Å². The second-order valence-corrected chi connectivity index (χ2v) is 3.47. The van der Waals surface area contributed by atoms with Gasteiger partial charge in [0.15, 0.2) is 12.1 Å². The molecule has 88 valence electrons. The van der Waals surface area contributed by atoms with Gasteiger partial charge in [-0.25, -0.2) is 18.4 Å². The van der Waals surface area contributed by atoms with Gasteiger partial charge in [0, 0.05) is 6.20 Å². The molecular formula is C10H6ClF2N3O. The van der Waals surface area contributed by atoms with E-state index in [1.165, 1.54) is 6.20 Å². The third-order valence-electron chi connectivity index (χ3n) is 2.08. The average Bonchev–Trinajstić information content (AvgIpc) is 2.67. The number of alkyl halides is 2. The standard InChI is InChI=1S/C10H6ClF2N3O/c11-9-6(5-17)8(10(12)13)15-16(9)7-3-1-2-4-14-7/h1-5,10H. The molecule has 2 aromatic heterocycles. The molecule has 0 saturated carbocycles. The molecule has 0 saturated heterocycles. The number of halogens is 3. The van der Waals surface area contributed by atoms with E-state index >= 15 is 0 Å². The van der Waals surface area contributed by atoms with Gasteiger partial charge in [-0.2, -0.15) is 5.10 Å². The van der Waals surface area contributed by atoms with E-state index in [1.807, 2.05) is 0 Å². The van der Waals surface area contributed by atoms with Crippen LogP contribution in [-0.4, -0.2) is 21.1 Å². The molecule has 0 aliphatic rings. The third kappa shape index (κ3) is 2.03. The van der Waals surface area contributed by atoms with E-state index in [0.29, 0.717) is 0 Å². The van der Waals surface area contributed by atoms with Gasteiger partial charge in [-0.05, 0) is 12.1 Å². The maximum atomic E-state index is 12.6. The topological polar surface area (TPSA) is 47.8 Å². The number of hydrogen-bond donors (Lipinski definition) is 0. The highest BCUT2D eigenvalue weighted by Gasteiger charge is 2.23. The fourth-order valence-electron chi connectivity index (χ4n) is 1.33. The maximum absolute atomic E-state index is 12.6. The molecule has 0 N–H and O–H groups in total. The minimum absolute atomic E-state index is 0.172. The van der Waals surface area contributed by atoms with Gasteiger partial charge < -0.3 is 0 Å². The molecule has 4 nitrogen and oxygen atoms in total. The predicted octanol–water partition coefficient (Wildman–Crippen LogP) is 2.67. The van der Waals surface area contributed by atoms with E-state index in [1.54, 1.807) is 18.2 Å². The van der Waals surface area contributed by atoms with Gasteiger partial charge in [0.05, 0.1) is 5.56 Å². The first kappa shape index (κ1) is 11.7. The predicted molar refractivity (Wildman–Crippen MR) is 56.7 cm³/mol. The first-order valence-electron chi connectivity index (χ1n) is 4.58. The lowest BCUT2D eigenvalue weighted by Crippen LogP contribution is -1.99. The average molecular weight is 258 g/mol. The quantitative estimate of drug-likeness (QED) is 0.794. The van der Waals surface area contributed by atoms with Crippen LogP contribution in [0, 0.1) is 0 Å². The van der Waals surface area contributed by atoms with Gasteiger partial charge >= 0.3 is 0 Å². The van der Waals surface area contributed by atoms with E-state index < -0.39 is 12.1 Å². The van der Waals surface area contributed by atoms with Crippen molar-refractivity contribution in [3.63, 3.8) is 0 Å². The summed E-state index contributed by atoms with van der Waals surface area (Å²) in [5, 5.41) is 3.42. The minimum atomic E-state index is -2.86. The Labute approximate surface area is 99.8 Å². The van der Waals surface area contributed by atoms with Gasteiger partial charge in [0.1, 0.15) is 10.8 Å². The Kier molecular flexibility index (Phi) is 3.14. The highest BCUT2D eigenvalue weighted by molar-refractivity contribution is 6.32. The van der Waals surface area contributed by atoms with Crippen molar-refractivity contribution in [2.45, 2.75) is 6.43 Å². The highest BCUT2D eigenvalue weighted by atomic mass is 35.5. The van der Waals surface area contributed by atoms with E-state index in [9.17, 15) is 13.6 Å². The SMILES string of the molecule is O=Cc1c(C(F)F)nn(-c2ccccn2)c1Cl. The molecule has 0 amide bonds. The Bertz CT molecular complexity index is 542. The Balaban J connectivity index is 2.61. The van der Waals surface area contributed by atoms with Crippen LogP contribution in [0.2, 0.25) is 5.15 Å². The number of carbonyl (C=O) groups excluding carboxylic acids is 1. The van der Waals surface area contributed by atoms with Crippen molar-refractivity contribution < 1.29 is 13.6 Å². The van der Waals surface area contributed by atoms with Gasteiger partial charge in [0.25, 0.3) is 6.43 Å². The molecule has 0 unspecified atom stereocenters. The van der Waals surface area contributed by atoms with Crippen LogP contribution in [0.15, 0.2) is 24.4 Å². The van der Waals surface area contributed by atoms with E-state index in [4.69, 9.17) is 11.6 Å². The van der Waals surface area contributed by atoms with Gasteiger partial charge in [0.2, 0.25) is 0 Å². The largest absolute Gasteiger partial charge is 0.298 e. The summed E-state index contributed by atoms with van der Waals surface area (Å²) >= 11 is 5.80. The van der Waals surface area contributed by atoms with Crippen LogP contribution in [0.25, 0.3) is 5.82 Å². The fraction of sp³-hybridized carbons (Fsp3) is 0.100. The molecule has 0 bridgehead atoms. The normalized spacial score (nSPS) is 10.8. The summed E-state index contributed by atoms with van der Waals surface area (Å²) in [6.45, 7) is 0. The van der Waals surface area contributed by atoms with Crippen LogP contribution in [0.4, 0.5) is 8.78 Å². The third-order valence-corrected chi connectivity index (χ3v) is 2.45. The number of carbonyl (C=O) groups is 1. The lowest BCUT2D eigenvalue weighted by molar-refractivity contribution is 0.110. The smallest absolute Gasteiger partial charge is 0.282 e. The van der Waals surface area contributed by atoms with Crippen molar-refractivity contribution in [1.82, 2.24) is 14.8 Å². The van der Waals surface area contributed by atoms with E-state index in [2.05, 4.69) is 10.1 Å². The number of aldehydes is 1. The van der Waals surface area contributed by atoms with Crippen molar-refractivity contribution in [3.8, 4) is 5.82 Å². The van der Waals surface area contributed by atoms with Crippen LogP contribution in [-0.2, 0) is 0 Å². The zero-order valence-corrected chi connectivity index (χ0v) is 9.10. The van der Waals surface area contributed by atoms with Crippen LogP contribution >= 0.6 is 11.6 Å². The molecule has 2 aromatic rings. The summed E-state index contributed by atoms with van der Waals surface area (Å²) in [6.07, 6.45) is -1.13. The summed E-state index contributed by atoms with van der Waals surface area (Å²) in [5.41, 5.74) is -0.956. The maximum Gasteiger partial charge on any atom is 0.282 e. The number of nitrogens with zero attached hydrogens (tertiary/aromatic N) is 3. The van der Waals surface area contributed by atoms with Crippen molar-refractivity contribution in [2.75, 3.05) is 0 Å². The number of hydrogen-bond acceptors (Lipinski definition) is 3. The van der Waals surface area contributed by atoms with Crippen molar-refractivity contribution in [3.05, 3.63) is 40.8 Å². The number of pyridine rings is 1. The highest BCUT2D eigenvalue weighted by Crippen LogP contribution is 2.27. The molecule has 0 atom stereocenters. The summed E-state index contributed by atoms with van der Waals surface area (Å²) < 4.78 is 26.2. The first-order valence-corrected chi connectivity index (χ1v) is 4.96. The Morgan fingerprint density at radius 3 is 2.65 bits per heavy atom. The molecule has 0 spiro atoms. The lowest BCUT2D eigenvalue weighted by atomic mass is 10.3. The fourth-order valence-corrected chi connectivity index (χ4v) is 1.59. The lowest BCUT2D eigenvalue weighted by Gasteiger charge is -2.00. The molecule has 17 heavy (non-hydrogen) atoms. The number of aromatic nitrogens is 3. The molecule has 0 aromatic carbocycles. The van der Waals surface area contributed by atoms with Crippen molar-refractivity contribution >= 4 is 17.9 Å². The molecule has 7 heteroatoms. The van der Waals surface area contributed by atoms with E-state index in [-0.39, 0.29) is 22.8 Å². The first-order chi connectivity index (χ1) is 8.15. The van der Waals surface area contributed by atoms with Crippen molar-refractivity contribution in [2.24, 2.45) is 0 Å². The Morgan fingerprint density at radius 1 is 1.41 bits per heavy atom. The van der Waals surface area contributed by atoms with Crippen LogP contribution in [0.5, 0.6) is 0 Å². The summed E-state index contributed by atoms with van der Waals surface area (Å²) in [7, 11) is 0. The minimum Gasteiger partial charge on any atom is -0.298 e. The second kappa shape index (κ2) is 4.58. The van der Waals surface area contributed by atoms with Gasteiger partial charge in [-0.1, -0.05) is 17.7 Å². The molecule has 0 radical (unpaired) electrons. The molecule has 2 heterocycles. The Morgan fingerprint density at radius 2 is 2.18 bits per heavy atom. The summed E-state index contributed by atoms with van der Waals surface area (Å²) in [5.74, 6) is 0.271. The molecule has 0 aliphatic carbocycles. The Hall–Kier alpha value is -1.82. The van der Waals surface area contributed by atoms with Gasteiger partial charge in [-0.15, -0.1) is 0 Å². The second-order valence-electron chi connectivity index (χ2n) is 3.11. The molecular weight excluding hydrogens is 252 g/mol. The molecule has 0 aliphatic heterocycles. The molecule has 2 rings (SSSR count). The van der Waals surface area contributed by atoms with Crippen LogP contribution in [0.1, 0.15) is 22.5 Å². The summed E-state index contributed by atoms with van der Waals surface area (Å²) in [4.78, 5) is 14.6. The zero-order valence-electron chi connectivity index (χ0n) is 8.35. The zero-order chi connectivity index (χ0) is 12.4. The van der Waals surface area contributed by atoms with Crippen LogP contribution in [0.3, 0.4) is 0 Å². The number of rotatable bonds is 3. The van der Waals surface area contributed by atoms with Gasteiger partial charge in [-0.3, -0.25) is 4.79 Å². The van der Waals surface area contributed by atoms with E-state index in [0.717, 1.165) is 4.68 Å². The van der Waals surface area contributed by atoms with Crippen molar-refractivity contribution in [1.29, 1.82) is 0 Å². The molecule has 0 fully saturated rings. The monoisotopic (exact) mass is 257 g/mol.